The van der Waals surface area contributed by atoms with E-state index in [0.717, 1.165) is 22.5 Å². The van der Waals surface area contributed by atoms with Crippen LogP contribution in [0.2, 0.25) is 0 Å². The summed E-state index contributed by atoms with van der Waals surface area (Å²) in [6, 6.07) is 15.0. The SMILES string of the molecule is CC1(C)C(/C=C2\C(=O)C(=O)C(/C=C3/N(CCC(=O)O)c4ccccc4C3(C)C)=C2[O-])=[N+](CCC(=O)O)c2ccccc21. The van der Waals surface area contributed by atoms with Gasteiger partial charge in [-0.3, -0.25) is 19.2 Å². The molecule has 2 aromatic carbocycles. The normalized spacial score (nSPS) is 20.6. The number of benzene rings is 2. The van der Waals surface area contributed by atoms with Gasteiger partial charge in [0.15, 0.2) is 12.3 Å². The third kappa shape index (κ3) is 4.55. The number of carboxylic acid groups (broad SMARTS) is 2. The molecule has 2 aromatic rings. The van der Waals surface area contributed by atoms with Crippen LogP contribution in [0.5, 0.6) is 0 Å². The van der Waals surface area contributed by atoms with Crippen LogP contribution in [0.4, 0.5) is 11.4 Å². The van der Waals surface area contributed by atoms with Crippen LogP contribution in [-0.4, -0.2) is 57.1 Å². The Kier molecular flexibility index (Phi) is 7.00. The number of allylic oxidation sites excluding steroid dienone is 5. The van der Waals surface area contributed by atoms with E-state index in [0.29, 0.717) is 11.4 Å². The number of hydrogen-bond acceptors (Lipinski definition) is 6. The molecule has 5 rings (SSSR count). The maximum Gasteiger partial charge on any atom is 0.309 e. The Bertz CT molecular complexity index is 1690. The second kappa shape index (κ2) is 10.2. The molecule has 0 fully saturated rings. The third-order valence-electron chi connectivity index (χ3n) is 8.44. The maximum atomic E-state index is 13.8. The molecular weight excluding hydrogens is 536 g/mol. The standard InChI is InChI=1S/C33H32N2O7/c1-32(2)21-9-5-7-11-23(21)34(15-13-27(36)37)25(32)17-19-29(40)20(31(42)30(19)41)18-26-33(3,4)22-10-6-8-12-24(22)35(26)16-14-28(38)39/h5-12,17-18H,13-16H2,1-4H3,(H2-,36,37,38,39,40,41,42). The highest BCUT2D eigenvalue weighted by Crippen LogP contribution is 2.48. The molecule has 216 valence electrons. The van der Waals surface area contributed by atoms with E-state index in [9.17, 15) is 34.5 Å². The Morgan fingerprint density at radius 2 is 1.48 bits per heavy atom. The largest absolute Gasteiger partial charge is 0.871 e. The van der Waals surface area contributed by atoms with E-state index >= 15 is 0 Å². The summed E-state index contributed by atoms with van der Waals surface area (Å²) in [4.78, 5) is 51.3. The van der Waals surface area contributed by atoms with Crippen LogP contribution in [0.1, 0.15) is 51.7 Å². The van der Waals surface area contributed by atoms with Crippen molar-refractivity contribution in [1.29, 1.82) is 0 Å². The van der Waals surface area contributed by atoms with Crippen LogP contribution in [-0.2, 0) is 30.0 Å². The highest BCUT2D eigenvalue weighted by molar-refractivity contribution is 6.54. The molecule has 0 radical (unpaired) electrons. The summed E-state index contributed by atoms with van der Waals surface area (Å²) in [5.41, 5.74) is 2.62. The first-order valence-electron chi connectivity index (χ1n) is 13.8. The van der Waals surface area contributed by atoms with Crippen LogP contribution < -0.4 is 10.0 Å². The number of Topliss-reactive ketones (excluding diaryl/α,β-unsaturated/α-hetero) is 2. The summed E-state index contributed by atoms with van der Waals surface area (Å²) in [6.07, 6.45) is 2.55. The number of carbonyl (C=O) groups is 4. The molecule has 2 heterocycles. The number of anilines is 1. The summed E-state index contributed by atoms with van der Waals surface area (Å²) < 4.78 is 1.79. The van der Waals surface area contributed by atoms with Crippen molar-refractivity contribution in [2.45, 2.75) is 51.4 Å². The number of ketones is 2. The van der Waals surface area contributed by atoms with Crippen molar-refractivity contribution >= 4 is 40.6 Å². The van der Waals surface area contributed by atoms with Gasteiger partial charge in [-0.1, -0.05) is 56.0 Å². The lowest BCUT2D eigenvalue weighted by atomic mass is 9.81. The number of rotatable bonds is 8. The van der Waals surface area contributed by atoms with Gasteiger partial charge in [0.05, 0.1) is 11.8 Å². The summed E-state index contributed by atoms with van der Waals surface area (Å²) in [7, 11) is 0. The summed E-state index contributed by atoms with van der Waals surface area (Å²) in [5.74, 6) is -4.52. The Morgan fingerprint density at radius 3 is 2.14 bits per heavy atom. The van der Waals surface area contributed by atoms with E-state index in [1.807, 2.05) is 76.2 Å². The zero-order valence-corrected chi connectivity index (χ0v) is 23.9. The van der Waals surface area contributed by atoms with Crippen molar-refractivity contribution in [3.05, 3.63) is 94.4 Å². The molecule has 0 amide bonds. The number of hydrogen-bond donors (Lipinski definition) is 2. The summed E-state index contributed by atoms with van der Waals surface area (Å²) in [5, 5.41) is 32.5. The fourth-order valence-corrected chi connectivity index (χ4v) is 6.23. The van der Waals surface area contributed by atoms with Crippen LogP contribution in [0.25, 0.3) is 0 Å². The lowest BCUT2D eigenvalue weighted by Gasteiger charge is -2.27. The minimum atomic E-state index is -0.984. The highest BCUT2D eigenvalue weighted by Gasteiger charge is 2.46. The van der Waals surface area contributed by atoms with Gasteiger partial charge in [0.25, 0.3) is 0 Å². The first-order valence-corrected chi connectivity index (χ1v) is 13.8. The van der Waals surface area contributed by atoms with Crippen molar-refractivity contribution in [3.8, 4) is 0 Å². The van der Waals surface area contributed by atoms with E-state index in [4.69, 9.17) is 0 Å². The van der Waals surface area contributed by atoms with Gasteiger partial charge >= 0.3 is 11.9 Å². The monoisotopic (exact) mass is 568 g/mol. The zero-order chi connectivity index (χ0) is 30.6. The molecule has 1 aliphatic carbocycles. The van der Waals surface area contributed by atoms with Gasteiger partial charge in [-0.15, -0.1) is 0 Å². The van der Waals surface area contributed by atoms with E-state index in [1.54, 1.807) is 9.48 Å². The maximum absolute atomic E-state index is 13.8. The average Bonchev–Trinajstić information content (AvgIpc) is 3.38. The first-order chi connectivity index (χ1) is 19.8. The fraction of sp³-hybridized carbons (Fsp3) is 0.303. The Morgan fingerprint density at radius 1 is 0.857 bits per heavy atom. The van der Waals surface area contributed by atoms with E-state index in [1.165, 1.54) is 12.2 Å². The number of nitrogens with zero attached hydrogens (tertiary/aromatic N) is 2. The molecular formula is C33H32N2O7. The quantitative estimate of drug-likeness (QED) is 0.281. The molecule has 0 saturated carbocycles. The van der Waals surface area contributed by atoms with Gasteiger partial charge in [0.2, 0.25) is 17.3 Å². The first kappa shape index (κ1) is 28.7. The fourth-order valence-electron chi connectivity index (χ4n) is 6.23. The molecule has 0 saturated heterocycles. The number of aliphatic carboxylic acids is 2. The van der Waals surface area contributed by atoms with E-state index in [-0.39, 0.29) is 37.1 Å². The average molecular weight is 569 g/mol. The molecule has 2 N–H and O–H groups in total. The minimum Gasteiger partial charge on any atom is -0.871 e. The van der Waals surface area contributed by atoms with Crippen molar-refractivity contribution < 1.29 is 39.1 Å². The van der Waals surface area contributed by atoms with Gasteiger partial charge in [0, 0.05) is 52.2 Å². The van der Waals surface area contributed by atoms with Crippen LogP contribution in [0, 0.1) is 0 Å². The molecule has 0 atom stereocenters. The van der Waals surface area contributed by atoms with Crippen molar-refractivity contribution in [2.24, 2.45) is 0 Å². The lowest BCUT2D eigenvalue weighted by molar-refractivity contribution is -0.436. The molecule has 0 spiro atoms. The smallest absolute Gasteiger partial charge is 0.309 e. The predicted octanol–water partition coefficient (Wildman–Crippen LogP) is 3.39. The molecule has 3 aliphatic rings. The van der Waals surface area contributed by atoms with Gasteiger partial charge in [-0.2, -0.15) is 4.58 Å². The Balaban J connectivity index is 1.65. The summed E-state index contributed by atoms with van der Waals surface area (Å²) >= 11 is 0. The molecule has 2 aliphatic heterocycles. The second-order valence-electron chi connectivity index (χ2n) is 11.7. The predicted molar refractivity (Wildman–Crippen MR) is 154 cm³/mol. The van der Waals surface area contributed by atoms with Gasteiger partial charge < -0.3 is 20.2 Å². The molecule has 0 bridgehead atoms. The molecule has 9 heteroatoms. The Hall–Kier alpha value is -4.79. The van der Waals surface area contributed by atoms with Crippen molar-refractivity contribution in [3.63, 3.8) is 0 Å². The second-order valence-corrected chi connectivity index (χ2v) is 11.7. The summed E-state index contributed by atoms with van der Waals surface area (Å²) in [6.45, 7) is 7.95. The third-order valence-corrected chi connectivity index (χ3v) is 8.44. The highest BCUT2D eigenvalue weighted by atomic mass is 16.4. The molecule has 42 heavy (non-hydrogen) atoms. The number of para-hydroxylation sites is 2. The number of carboxylic acids is 2. The lowest BCUT2D eigenvalue weighted by Crippen LogP contribution is -2.29. The van der Waals surface area contributed by atoms with Crippen LogP contribution in [0.3, 0.4) is 0 Å². The van der Waals surface area contributed by atoms with Crippen LogP contribution >= 0.6 is 0 Å². The minimum absolute atomic E-state index is 0.122. The van der Waals surface area contributed by atoms with Gasteiger partial charge in [0.1, 0.15) is 6.42 Å². The Labute approximate surface area is 243 Å². The molecule has 0 unspecified atom stereocenters. The zero-order valence-electron chi connectivity index (χ0n) is 23.9. The molecule has 0 aromatic heterocycles. The van der Waals surface area contributed by atoms with Crippen molar-refractivity contribution in [1.82, 2.24) is 0 Å². The van der Waals surface area contributed by atoms with E-state index in [2.05, 4.69) is 0 Å². The van der Waals surface area contributed by atoms with Crippen LogP contribution in [0.15, 0.2) is 83.3 Å². The topological polar surface area (TPSA) is 138 Å². The van der Waals surface area contributed by atoms with Crippen molar-refractivity contribution in [2.75, 3.05) is 18.0 Å². The van der Waals surface area contributed by atoms with Gasteiger partial charge in [-0.25, -0.2) is 0 Å². The molecule has 9 nitrogen and oxygen atoms in total. The van der Waals surface area contributed by atoms with E-state index < -0.39 is 40.1 Å². The van der Waals surface area contributed by atoms with Gasteiger partial charge in [-0.05, 0) is 31.6 Å². The number of carbonyl (C=O) groups excluding carboxylic acids is 2. The number of fused-ring (bicyclic) bond motifs is 2.